The van der Waals surface area contributed by atoms with Gasteiger partial charge in [-0.25, -0.2) is 0 Å². The fraction of sp³-hybridized carbons (Fsp3) is 0.357. The molecule has 6 heteroatoms. The van der Waals surface area contributed by atoms with E-state index in [1.54, 1.807) is 23.5 Å². The molecule has 108 valence electrons. The summed E-state index contributed by atoms with van der Waals surface area (Å²) in [5, 5.41) is 16.2. The first-order valence-electron chi connectivity index (χ1n) is 6.37. The number of rotatable bonds is 7. The topological polar surface area (TPSA) is 49.3 Å². The first-order chi connectivity index (χ1) is 9.70. The Kier molecular flexibility index (Phi) is 6.04. The lowest BCUT2D eigenvalue weighted by Gasteiger charge is -2.14. The summed E-state index contributed by atoms with van der Waals surface area (Å²) in [6.45, 7) is 0.754. The van der Waals surface area contributed by atoms with Crippen molar-refractivity contribution < 1.29 is 9.90 Å². The van der Waals surface area contributed by atoms with E-state index in [9.17, 15) is 4.79 Å². The Morgan fingerprint density at radius 3 is 2.80 bits per heavy atom. The molecule has 2 N–H and O–H groups in total. The average Bonchev–Trinajstić information content (AvgIpc) is 3.08. The highest BCUT2D eigenvalue weighted by Gasteiger charge is 2.13. The van der Waals surface area contributed by atoms with Gasteiger partial charge in [-0.05, 0) is 53.3 Å². The summed E-state index contributed by atoms with van der Waals surface area (Å²) in [4.78, 5) is 12.5. The Bertz CT molecular complexity index is 539. The van der Waals surface area contributed by atoms with Gasteiger partial charge in [-0.1, -0.05) is 11.6 Å². The second-order valence-electron chi connectivity index (χ2n) is 4.41. The van der Waals surface area contributed by atoms with Crippen molar-refractivity contribution in [1.29, 1.82) is 0 Å². The van der Waals surface area contributed by atoms with Gasteiger partial charge in [-0.2, -0.15) is 11.3 Å². The summed E-state index contributed by atoms with van der Waals surface area (Å²) in [5.74, 6) is 0.202. The van der Waals surface area contributed by atoms with Gasteiger partial charge in [0.25, 0.3) is 5.91 Å². The van der Waals surface area contributed by atoms with Gasteiger partial charge >= 0.3 is 0 Å². The predicted octanol–water partition coefficient (Wildman–Crippen LogP) is 3.75. The molecule has 0 fully saturated rings. The van der Waals surface area contributed by atoms with Crippen LogP contribution in [0.2, 0.25) is 4.34 Å². The van der Waals surface area contributed by atoms with Crippen molar-refractivity contribution in [3.05, 3.63) is 43.7 Å². The van der Waals surface area contributed by atoms with E-state index in [1.807, 2.05) is 5.38 Å². The number of aliphatic hydroxyl groups is 1. The molecule has 0 spiro atoms. The molecule has 0 saturated heterocycles. The number of carbonyl (C=O) groups excluding carboxylic acids is 1. The maximum Gasteiger partial charge on any atom is 0.261 e. The van der Waals surface area contributed by atoms with Gasteiger partial charge in [0, 0.05) is 13.2 Å². The van der Waals surface area contributed by atoms with Crippen LogP contribution in [-0.2, 0) is 0 Å². The molecule has 2 rings (SSSR count). The minimum Gasteiger partial charge on any atom is -0.396 e. The quantitative estimate of drug-likeness (QED) is 0.812. The Labute approximate surface area is 131 Å². The number of halogens is 1. The average molecular weight is 330 g/mol. The third kappa shape index (κ3) is 4.31. The largest absolute Gasteiger partial charge is 0.396 e. The fourth-order valence-electron chi connectivity index (χ4n) is 2.02. The maximum atomic E-state index is 11.9. The molecule has 2 heterocycles. The zero-order valence-corrected chi connectivity index (χ0v) is 13.2. The third-order valence-electron chi connectivity index (χ3n) is 3.07. The van der Waals surface area contributed by atoms with Crippen LogP contribution in [0.15, 0.2) is 29.0 Å². The van der Waals surface area contributed by atoms with Gasteiger partial charge in [0.05, 0.1) is 9.21 Å². The van der Waals surface area contributed by atoms with E-state index in [0.717, 1.165) is 12.8 Å². The van der Waals surface area contributed by atoms with Crippen LogP contribution in [0.25, 0.3) is 0 Å². The standard InChI is InChI=1S/C14H16ClNO2S2/c15-13-2-1-12(20-13)14(18)16-6-3-10(4-7-17)11-5-8-19-9-11/h1-2,5,8-10,17H,3-4,6-7H2,(H,16,18)/t10-/m0/s1. The van der Waals surface area contributed by atoms with Crippen LogP contribution >= 0.6 is 34.3 Å². The molecule has 0 saturated carbocycles. The van der Waals surface area contributed by atoms with E-state index in [0.29, 0.717) is 21.7 Å². The molecule has 1 amide bonds. The summed E-state index contributed by atoms with van der Waals surface area (Å²) in [6, 6.07) is 5.53. The number of aliphatic hydroxyl groups excluding tert-OH is 1. The lowest BCUT2D eigenvalue weighted by molar-refractivity contribution is 0.0956. The summed E-state index contributed by atoms with van der Waals surface area (Å²) in [5.41, 5.74) is 1.23. The lowest BCUT2D eigenvalue weighted by atomic mass is 9.95. The summed E-state index contributed by atoms with van der Waals surface area (Å²) in [7, 11) is 0. The second kappa shape index (κ2) is 7.78. The molecule has 20 heavy (non-hydrogen) atoms. The molecule has 2 aromatic rings. The number of amides is 1. The molecule has 0 aromatic carbocycles. The number of thiophene rings is 2. The van der Waals surface area contributed by atoms with Crippen molar-refractivity contribution in [2.24, 2.45) is 0 Å². The van der Waals surface area contributed by atoms with Gasteiger partial charge in [-0.15, -0.1) is 11.3 Å². The molecule has 0 aliphatic rings. The van der Waals surface area contributed by atoms with E-state index < -0.39 is 0 Å². The van der Waals surface area contributed by atoms with E-state index in [1.165, 1.54) is 16.9 Å². The van der Waals surface area contributed by atoms with Gasteiger partial charge in [0.2, 0.25) is 0 Å². The van der Waals surface area contributed by atoms with Gasteiger partial charge in [0.15, 0.2) is 0 Å². The summed E-state index contributed by atoms with van der Waals surface area (Å²) >= 11 is 8.74. The van der Waals surface area contributed by atoms with Crippen LogP contribution in [0, 0.1) is 0 Å². The summed E-state index contributed by atoms with van der Waals surface area (Å²) in [6.07, 6.45) is 1.54. The number of hydrogen-bond donors (Lipinski definition) is 2. The molecule has 0 unspecified atom stereocenters. The highest BCUT2D eigenvalue weighted by Crippen LogP contribution is 2.25. The van der Waals surface area contributed by atoms with Crippen molar-refractivity contribution >= 4 is 40.2 Å². The van der Waals surface area contributed by atoms with E-state index in [-0.39, 0.29) is 12.5 Å². The minimum atomic E-state index is -0.0880. The first-order valence-corrected chi connectivity index (χ1v) is 8.51. The van der Waals surface area contributed by atoms with Gasteiger partial charge in [-0.3, -0.25) is 4.79 Å². The van der Waals surface area contributed by atoms with Crippen molar-refractivity contribution in [1.82, 2.24) is 5.32 Å². The molecule has 0 radical (unpaired) electrons. The highest BCUT2D eigenvalue weighted by molar-refractivity contribution is 7.18. The Balaban J connectivity index is 1.83. The Morgan fingerprint density at radius 2 is 2.20 bits per heavy atom. The summed E-state index contributed by atoms with van der Waals surface area (Å²) < 4.78 is 0.617. The van der Waals surface area contributed by atoms with Crippen molar-refractivity contribution in [3.8, 4) is 0 Å². The molecule has 0 aliphatic heterocycles. The van der Waals surface area contributed by atoms with Crippen LogP contribution in [0.1, 0.15) is 34.0 Å². The van der Waals surface area contributed by atoms with E-state index >= 15 is 0 Å². The van der Waals surface area contributed by atoms with Crippen LogP contribution in [0.3, 0.4) is 0 Å². The van der Waals surface area contributed by atoms with Crippen molar-refractivity contribution in [2.45, 2.75) is 18.8 Å². The van der Waals surface area contributed by atoms with Gasteiger partial charge < -0.3 is 10.4 Å². The molecule has 3 nitrogen and oxygen atoms in total. The molecule has 1 atom stereocenters. The van der Waals surface area contributed by atoms with Gasteiger partial charge in [0.1, 0.15) is 0 Å². The van der Waals surface area contributed by atoms with Crippen molar-refractivity contribution in [3.63, 3.8) is 0 Å². The number of hydrogen-bond acceptors (Lipinski definition) is 4. The molecule has 2 aromatic heterocycles. The zero-order chi connectivity index (χ0) is 14.4. The Hall–Kier alpha value is -0.880. The maximum absolute atomic E-state index is 11.9. The number of nitrogens with one attached hydrogen (secondary N) is 1. The zero-order valence-electron chi connectivity index (χ0n) is 10.8. The molecule has 0 aliphatic carbocycles. The predicted molar refractivity (Wildman–Crippen MR) is 85.0 cm³/mol. The second-order valence-corrected chi connectivity index (χ2v) is 6.91. The van der Waals surface area contributed by atoms with Crippen LogP contribution in [0.4, 0.5) is 0 Å². The Morgan fingerprint density at radius 1 is 1.35 bits per heavy atom. The van der Waals surface area contributed by atoms with E-state index in [4.69, 9.17) is 16.7 Å². The monoisotopic (exact) mass is 329 g/mol. The fourth-order valence-corrected chi connectivity index (χ4v) is 3.73. The van der Waals surface area contributed by atoms with Crippen LogP contribution < -0.4 is 5.32 Å². The third-order valence-corrected chi connectivity index (χ3v) is 5.00. The lowest BCUT2D eigenvalue weighted by Crippen LogP contribution is -2.25. The number of carbonyl (C=O) groups is 1. The van der Waals surface area contributed by atoms with Crippen molar-refractivity contribution in [2.75, 3.05) is 13.2 Å². The van der Waals surface area contributed by atoms with Crippen LogP contribution in [0.5, 0.6) is 0 Å². The first kappa shape index (κ1) is 15.5. The highest BCUT2D eigenvalue weighted by atomic mass is 35.5. The molecule has 0 bridgehead atoms. The van der Waals surface area contributed by atoms with E-state index in [2.05, 4.69) is 16.8 Å². The van der Waals surface area contributed by atoms with Crippen LogP contribution in [-0.4, -0.2) is 24.2 Å². The molecular formula is C14H16ClNO2S2. The SMILES string of the molecule is O=C(NCC[C@@H](CCO)c1ccsc1)c1ccc(Cl)s1. The smallest absolute Gasteiger partial charge is 0.261 e. The minimum absolute atomic E-state index is 0.0880. The normalized spacial score (nSPS) is 12.3. The molecular weight excluding hydrogens is 314 g/mol.